The zero-order chi connectivity index (χ0) is 11.1. The normalized spacial score (nSPS) is 9.93. The van der Waals surface area contributed by atoms with Crippen molar-refractivity contribution in [3.63, 3.8) is 0 Å². The first kappa shape index (κ1) is 11.5. The number of amides is 1. The van der Waals surface area contributed by atoms with Crippen LogP contribution < -0.4 is 10.6 Å². The Morgan fingerprint density at radius 1 is 1.67 bits per heavy atom. The summed E-state index contributed by atoms with van der Waals surface area (Å²) in [6.45, 7) is 5.12. The smallest absolute Gasteiger partial charge is 0.234 e. The molecule has 0 saturated heterocycles. The van der Waals surface area contributed by atoms with Gasteiger partial charge < -0.3 is 15.2 Å². The van der Waals surface area contributed by atoms with Crippen LogP contribution in [0.3, 0.4) is 0 Å². The second-order valence-corrected chi connectivity index (χ2v) is 3.38. The van der Waals surface area contributed by atoms with Crippen molar-refractivity contribution in [2.45, 2.75) is 6.54 Å². The maximum Gasteiger partial charge on any atom is 0.234 e. The van der Waals surface area contributed by atoms with Gasteiger partial charge in [0, 0.05) is 32.5 Å². The van der Waals surface area contributed by atoms with Gasteiger partial charge in [-0.1, -0.05) is 6.08 Å². The lowest BCUT2D eigenvalue weighted by Crippen LogP contribution is -2.33. The molecular formula is C11H17N3O. The van der Waals surface area contributed by atoms with Gasteiger partial charge in [-0.05, 0) is 11.6 Å². The van der Waals surface area contributed by atoms with Crippen molar-refractivity contribution in [1.29, 1.82) is 0 Å². The van der Waals surface area contributed by atoms with Crippen LogP contribution >= 0.6 is 0 Å². The molecule has 0 aromatic carbocycles. The van der Waals surface area contributed by atoms with Gasteiger partial charge in [0.15, 0.2) is 0 Å². The summed E-state index contributed by atoms with van der Waals surface area (Å²) in [5.74, 6) is 0.000651. The first-order valence-corrected chi connectivity index (χ1v) is 4.91. The first-order valence-electron chi connectivity index (χ1n) is 4.91. The van der Waals surface area contributed by atoms with E-state index in [1.165, 1.54) is 0 Å². The summed E-state index contributed by atoms with van der Waals surface area (Å²) in [5.41, 5.74) is 1.11. The monoisotopic (exact) mass is 207 g/mol. The van der Waals surface area contributed by atoms with Crippen molar-refractivity contribution in [2.24, 2.45) is 7.05 Å². The second-order valence-electron chi connectivity index (χ2n) is 3.38. The highest BCUT2D eigenvalue weighted by molar-refractivity contribution is 5.77. The van der Waals surface area contributed by atoms with Crippen LogP contribution in [0.5, 0.6) is 0 Å². The molecule has 0 fully saturated rings. The summed E-state index contributed by atoms with van der Waals surface area (Å²) in [4.78, 5) is 11.3. The van der Waals surface area contributed by atoms with Gasteiger partial charge in [0.1, 0.15) is 0 Å². The highest BCUT2D eigenvalue weighted by Crippen LogP contribution is 1.97. The van der Waals surface area contributed by atoms with Crippen molar-refractivity contribution >= 4 is 5.91 Å². The van der Waals surface area contributed by atoms with Crippen LogP contribution in [0.25, 0.3) is 0 Å². The van der Waals surface area contributed by atoms with E-state index < -0.39 is 0 Å². The minimum atomic E-state index is 0.000651. The molecule has 1 rings (SSSR count). The minimum absolute atomic E-state index is 0.000651. The number of nitrogens with one attached hydrogen (secondary N) is 2. The van der Waals surface area contributed by atoms with Gasteiger partial charge in [-0.3, -0.25) is 4.79 Å². The fourth-order valence-corrected chi connectivity index (χ4v) is 1.22. The molecule has 1 aromatic heterocycles. The average Bonchev–Trinajstić information content (AvgIpc) is 2.62. The average molecular weight is 207 g/mol. The third-order valence-electron chi connectivity index (χ3n) is 1.96. The van der Waals surface area contributed by atoms with E-state index in [0.717, 1.165) is 5.56 Å². The summed E-state index contributed by atoms with van der Waals surface area (Å²) in [7, 11) is 1.96. The zero-order valence-electron chi connectivity index (χ0n) is 8.99. The minimum Gasteiger partial charge on any atom is -0.357 e. The summed E-state index contributed by atoms with van der Waals surface area (Å²) in [6.07, 6.45) is 5.67. The fraction of sp³-hybridized carbons (Fsp3) is 0.364. The highest BCUT2D eigenvalue weighted by atomic mass is 16.1. The number of carbonyl (C=O) groups is 1. The van der Waals surface area contributed by atoms with Gasteiger partial charge >= 0.3 is 0 Å². The molecule has 1 aromatic rings. The maximum absolute atomic E-state index is 11.3. The predicted molar refractivity (Wildman–Crippen MR) is 60.3 cm³/mol. The van der Waals surface area contributed by atoms with Crippen LogP contribution in [0.4, 0.5) is 0 Å². The van der Waals surface area contributed by atoms with Crippen molar-refractivity contribution in [3.05, 3.63) is 36.7 Å². The lowest BCUT2D eigenvalue weighted by atomic mass is 10.3. The van der Waals surface area contributed by atoms with E-state index in [4.69, 9.17) is 0 Å². The molecule has 15 heavy (non-hydrogen) atoms. The molecule has 0 bridgehead atoms. The highest BCUT2D eigenvalue weighted by Gasteiger charge is 2.00. The molecule has 0 saturated carbocycles. The molecule has 1 amide bonds. The van der Waals surface area contributed by atoms with E-state index in [2.05, 4.69) is 17.2 Å². The van der Waals surface area contributed by atoms with Crippen molar-refractivity contribution in [3.8, 4) is 0 Å². The number of aryl methyl sites for hydroxylation is 1. The van der Waals surface area contributed by atoms with E-state index in [9.17, 15) is 4.79 Å². The third-order valence-corrected chi connectivity index (χ3v) is 1.96. The summed E-state index contributed by atoms with van der Waals surface area (Å²) in [6, 6.07) is 1.98. The van der Waals surface area contributed by atoms with Gasteiger partial charge in [0.2, 0.25) is 5.91 Å². The van der Waals surface area contributed by atoms with E-state index in [0.29, 0.717) is 19.6 Å². The molecule has 4 nitrogen and oxygen atoms in total. The SMILES string of the molecule is C=CCNCC(=O)NCc1ccn(C)c1. The van der Waals surface area contributed by atoms with Gasteiger partial charge in [-0.2, -0.15) is 0 Å². The number of hydrogen-bond acceptors (Lipinski definition) is 2. The van der Waals surface area contributed by atoms with Gasteiger partial charge in [-0.25, -0.2) is 0 Å². The molecule has 0 aliphatic carbocycles. The molecule has 0 radical (unpaired) electrons. The molecule has 0 unspecified atom stereocenters. The Kier molecular flexibility index (Phi) is 4.63. The Morgan fingerprint density at radius 2 is 2.47 bits per heavy atom. The number of hydrogen-bond donors (Lipinski definition) is 2. The van der Waals surface area contributed by atoms with Crippen LogP contribution in [0, 0.1) is 0 Å². The standard InChI is InChI=1S/C11H17N3O/c1-3-5-12-8-11(15)13-7-10-4-6-14(2)9-10/h3-4,6,9,12H,1,5,7-8H2,2H3,(H,13,15). The molecule has 4 heteroatoms. The molecule has 0 aliphatic rings. The molecule has 0 spiro atoms. The largest absolute Gasteiger partial charge is 0.357 e. The van der Waals surface area contributed by atoms with Gasteiger partial charge in [0.25, 0.3) is 0 Å². The number of carbonyl (C=O) groups excluding carboxylic acids is 1. The first-order chi connectivity index (χ1) is 7.22. The topological polar surface area (TPSA) is 46.1 Å². The third kappa shape index (κ3) is 4.46. The van der Waals surface area contributed by atoms with Gasteiger partial charge in [-0.15, -0.1) is 6.58 Å². The summed E-state index contributed by atoms with van der Waals surface area (Å²) < 4.78 is 1.96. The quantitative estimate of drug-likeness (QED) is 0.524. The van der Waals surface area contributed by atoms with Crippen molar-refractivity contribution < 1.29 is 4.79 Å². The number of aromatic nitrogens is 1. The lowest BCUT2D eigenvalue weighted by molar-refractivity contribution is -0.120. The van der Waals surface area contributed by atoms with E-state index in [1.54, 1.807) is 6.08 Å². The maximum atomic E-state index is 11.3. The molecule has 1 heterocycles. The molecular weight excluding hydrogens is 190 g/mol. The zero-order valence-corrected chi connectivity index (χ0v) is 8.99. The van der Waals surface area contributed by atoms with Crippen molar-refractivity contribution in [1.82, 2.24) is 15.2 Å². The van der Waals surface area contributed by atoms with Crippen molar-refractivity contribution in [2.75, 3.05) is 13.1 Å². The Labute approximate surface area is 90.0 Å². The summed E-state index contributed by atoms with van der Waals surface area (Å²) in [5, 5.41) is 5.76. The van der Waals surface area contributed by atoms with Crippen LogP contribution in [0.2, 0.25) is 0 Å². The van der Waals surface area contributed by atoms with Crippen LogP contribution in [0.1, 0.15) is 5.56 Å². The molecule has 2 N–H and O–H groups in total. The van der Waals surface area contributed by atoms with Gasteiger partial charge in [0.05, 0.1) is 6.54 Å². The van der Waals surface area contributed by atoms with Crippen LogP contribution in [0.15, 0.2) is 31.1 Å². The Morgan fingerprint density at radius 3 is 3.07 bits per heavy atom. The second kappa shape index (κ2) is 6.03. The van der Waals surface area contributed by atoms with Crippen LogP contribution in [-0.4, -0.2) is 23.6 Å². The van der Waals surface area contributed by atoms with Crippen LogP contribution in [-0.2, 0) is 18.4 Å². The Bertz CT molecular complexity index is 330. The Hall–Kier alpha value is -1.55. The molecule has 0 atom stereocenters. The van der Waals surface area contributed by atoms with E-state index >= 15 is 0 Å². The number of rotatable bonds is 6. The van der Waals surface area contributed by atoms with E-state index in [1.807, 2.05) is 30.1 Å². The molecule has 82 valence electrons. The lowest BCUT2D eigenvalue weighted by Gasteiger charge is -2.03. The molecule has 0 aliphatic heterocycles. The van der Waals surface area contributed by atoms with E-state index in [-0.39, 0.29) is 5.91 Å². The predicted octanol–water partition coefficient (Wildman–Crippen LogP) is 0.417. The number of nitrogens with zero attached hydrogens (tertiary/aromatic N) is 1. The Balaban J connectivity index is 2.19. The fourth-order valence-electron chi connectivity index (χ4n) is 1.22. The summed E-state index contributed by atoms with van der Waals surface area (Å²) >= 11 is 0.